The number of piperazine rings is 1. The molecule has 0 spiro atoms. The Kier molecular flexibility index (Phi) is 5.27. The second-order valence-corrected chi connectivity index (χ2v) is 6.82. The highest BCUT2D eigenvalue weighted by atomic mass is 16.7. The Balaban J connectivity index is 1.26. The molecule has 26 heavy (non-hydrogen) atoms. The van der Waals surface area contributed by atoms with Crippen molar-refractivity contribution >= 4 is 0 Å². The van der Waals surface area contributed by atoms with E-state index in [1.165, 1.54) is 11.1 Å². The first-order valence-electron chi connectivity index (χ1n) is 9.35. The highest BCUT2D eigenvalue weighted by Gasteiger charge is 2.19. The summed E-state index contributed by atoms with van der Waals surface area (Å²) in [5, 5.41) is 0. The standard InChI is InChI=1S/C21H26N2O3/c1-2-24-19-6-3-17(4-7-19)14-22-9-11-23(12-10-22)15-18-5-8-20-21(13-18)26-16-25-20/h3-8,13H,2,9-12,14-16H2,1H3. The topological polar surface area (TPSA) is 34.2 Å². The summed E-state index contributed by atoms with van der Waals surface area (Å²) in [5.41, 5.74) is 2.63. The number of ether oxygens (including phenoxy) is 3. The molecule has 1 fully saturated rings. The summed E-state index contributed by atoms with van der Waals surface area (Å²) in [4.78, 5) is 5.03. The largest absolute Gasteiger partial charge is 0.494 e. The van der Waals surface area contributed by atoms with Gasteiger partial charge in [-0.05, 0) is 42.3 Å². The molecule has 0 amide bonds. The first kappa shape index (κ1) is 17.2. The normalized spacial score (nSPS) is 17.4. The fraction of sp³-hybridized carbons (Fsp3) is 0.429. The van der Waals surface area contributed by atoms with Gasteiger partial charge < -0.3 is 14.2 Å². The number of rotatable bonds is 6. The highest BCUT2D eigenvalue weighted by Crippen LogP contribution is 2.32. The molecule has 0 aliphatic carbocycles. The van der Waals surface area contributed by atoms with E-state index >= 15 is 0 Å². The lowest BCUT2D eigenvalue weighted by molar-refractivity contribution is 0.122. The second kappa shape index (κ2) is 7.98. The zero-order valence-electron chi connectivity index (χ0n) is 15.3. The van der Waals surface area contributed by atoms with E-state index in [4.69, 9.17) is 14.2 Å². The highest BCUT2D eigenvalue weighted by molar-refractivity contribution is 5.44. The Labute approximate surface area is 155 Å². The van der Waals surface area contributed by atoms with Gasteiger partial charge in [0.05, 0.1) is 6.61 Å². The van der Waals surface area contributed by atoms with Crippen LogP contribution in [0.2, 0.25) is 0 Å². The van der Waals surface area contributed by atoms with Crippen LogP contribution in [0.15, 0.2) is 42.5 Å². The summed E-state index contributed by atoms with van der Waals surface area (Å²) >= 11 is 0. The third-order valence-corrected chi connectivity index (χ3v) is 4.95. The molecule has 0 bridgehead atoms. The first-order valence-corrected chi connectivity index (χ1v) is 9.35. The predicted molar refractivity (Wildman–Crippen MR) is 101 cm³/mol. The molecule has 1 saturated heterocycles. The van der Waals surface area contributed by atoms with Crippen LogP contribution in [-0.2, 0) is 13.1 Å². The summed E-state index contributed by atoms with van der Waals surface area (Å²) in [7, 11) is 0. The number of fused-ring (bicyclic) bond motifs is 1. The molecule has 0 radical (unpaired) electrons. The molecule has 0 unspecified atom stereocenters. The molecule has 4 rings (SSSR count). The van der Waals surface area contributed by atoms with Crippen molar-refractivity contribution in [1.82, 2.24) is 9.80 Å². The van der Waals surface area contributed by atoms with Crippen LogP contribution in [-0.4, -0.2) is 49.4 Å². The van der Waals surface area contributed by atoms with E-state index in [9.17, 15) is 0 Å². The quantitative estimate of drug-likeness (QED) is 0.796. The molecule has 2 aliphatic rings. The van der Waals surface area contributed by atoms with Gasteiger partial charge in [-0.2, -0.15) is 0 Å². The first-order chi connectivity index (χ1) is 12.8. The van der Waals surface area contributed by atoms with Crippen LogP contribution in [0.3, 0.4) is 0 Å². The van der Waals surface area contributed by atoms with Gasteiger partial charge in [-0.25, -0.2) is 0 Å². The fourth-order valence-corrected chi connectivity index (χ4v) is 3.52. The van der Waals surface area contributed by atoms with Crippen LogP contribution in [0.5, 0.6) is 17.2 Å². The second-order valence-electron chi connectivity index (χ2n) is 6.82. The minimum atomic E-state index is 0.336. The van der Waals surface area contributed by atoms with E-state index in [1.54, 1.807) is 0 Å². The third-order valence-electron chi connectivity index (χ3n) is 4.95. The van der Waals surface area contributed by atoms with Crippen molar-refractivity contribution in [3.63, 3.8) is 0 Å². The molecule has 0 aromatic heterocycles. The van der Waals surface area contributed by atoms with E-state index in [0.717, 1.165) is 56.5 Å². The van der Waals surface area contributed by atoms with Crippen molar-refractivity contribution < 1.29 is 14.2 Å². The third kappa shape index (κ3) is 4.11. The molecule has 0 N–H and O–H groups in total. The van der Waals surface area contributed by atoms with Crippen LogP contribution < -0.4 is 14.2 Å². The zero-order chi connectivity index (χ0) is 17.8. The van der Waals surface area contributed by atoms with Crippen molar-refractivity contribution in [2.45, 2.75) is 20.0 Å². The van der Waals surface area contributed by atoms with Gasteiger partial charge in [0.1, 0.15) is 5.75 Å². The van der Waals surface area contributed by atoms with Gasteiger partial charge in [0.15, 0.2) is 11.5 Å². The van der Waals surface area contributed by atoms with E-state index < -0.39 is 0 Å². The monoisotopic (exact) mass is 354 g/mol. The Hall–Kier alpha value is -2.24. The zero-order valence-corrected chi connectivity index (χ0v) is 15.3. The molecule has 2 aromatic rings. The Morgan fingerprint density at radius 3 is 2.12 bits per heavy atom. The van der Waals surface area contributed by atoms with Gasteiger partial charge in [0.2, 0.25) is 6.79 Å². The number of hydrogen-bond donors (Lipinski definition) is 0. The van der Waals surface area contributed by atoms with Crippen LogP contribution in [0.4, 0.5) is 0 Å². The van der Waals surface area contributed by atoms with Crippen LogP contribution >= 0.6 is 0 Å². The molecular weight excluding hydrogens is 328 g/mol. The molecule has 2 heterocycles. The molecule has 0 atom stereocenters. The van der Waals surface area contributed by atoms with Crippen molar-refractivity contribution in [2.24, 2.45) is 0 Å². The minimum absolute atomic E-state index is 0.336. The summed E-state index contributed by atoms with van der Waals surface area (Å²) in [6.07, 6.45) is 0. The number of hydrogen-bond acceptors (Lipinski definition) is 5. The maximum absolute atomic E-state index is 5.51. The van der Waals surface area contributed by atoms with Gasteiger partial charge in [-0.3, -0.25) is 9.80 Å². The Morgan fingerprint density at radius 1 is 0.808 bits per heavy atom. The van der Waals surface area contributed by atoms with E-state index in [0.29, 0.717) is 13.4 Å². The van der Waals surface area contributed by atoms with E-state index in [1.807, 2.05) is 13.0 Å². The average Bonchev–Trinajstić information content (AvgIpc) is 3.13. The Morgan fingerprint density at radius 2 is 1.42 bits per heavy atom. The van der Waals surface area contributed by atoms with Gasteiger partial charge in [0.25, 0.3) is 0 Å². The molecular formula is C21H26N2O3. The van der Waals surface area contributed by atoms with E-state index in [-0.39, 0.29) is 0 Å². The molecule has 2 aromatic carbocycles. The average molecular weight is 354 g/mol. The maximum Gasteiger partial charge on any atom is 0.231 e. The minimum Gasteiger partial charge on any atom is -0.494 e. The summed E-state index contributed by atoms with van der Waals surface area (Å²) < 4.78 is 16.4. The summed E-state index contributed by atoms with van der Waals surface area (Å²) in [5.74, 6) is 2.68. The lowest BCUT2D eigenvalue weighted by atomic mass is 10.1. The van der Waals surface area contributed by atoms with Crippen molar-refractivity contribution in [1.29, 1.82) is 0 Å². The molecule has 138 valence electrons. The predicted octanol–water partition coefficient (Wildman–Crippen LogP) is 3.13. The van der Waals surface area contributed by atoms with Crippen molar-refractivity contribution in [3.8, 4) is 17.2 Å². The van der Waals surface area contributed by atoms with Crippen LogP contribution in [0, 0.1) is 0 Å². The van der Waals surface area contributed by atoms with Crippen molar-refractivity contribution in [3.05, 3.63) is 53.6 Å². The molecule has 5 nitrogen and oxygen atoms in total. The summed E-state index contributed by atoms with van der Waals surface area (Å²) in [6, 6.07) is 14.7. The van der Waals surface area contributed by atoms with Gasteiger partial charge in [0, 0.05) is 39.3 Å². The lowest BCUT2D eigenvalue weighted by Gasteiger charge is -2.34. The summed E-state index contributed by atoms with van der Waals surface area (Å²) in [6.45, 7) is 9.40. The van der Waals surface area contributed by atoms with Gasteiger partial charge in [-0.1, -0.05) is 18.2 Å². The smallest absolute Gasteiger partial charge is 0.231 e. The SMILES string of the molecule is CCOc1ccc(CN2CCN(Cc3ccc4c(c3)OCO4)CC2)cc1. The molecule has 0 saturated carbocycles. The molecule has 2 aliphatic heterocycles. The van der Waals surface area contributed by atoms with Crippen LogP contribution in [0.1, 0.15) is 18.1 Å². The van der Waals surface area contributed by atoms with Gasteiger partial charge >= 0.3 is 0 Å². The van der Waals surface area contributed by atoms with Crippen LogP contribution in [0.25, 0.3) is 0 Å². The maximum atomic E-state index is 5.51. The fourth-order valence-electron chi connectivity index (χ4n) is 3.52. The number of nitrogens with zero attached hydrogens (tertiary/aromatic N) is 2. The lowest BCUT2D eigenvalue weighted by Crippen LogP contribution is -2.45. The molecule has 5 heteroatoms. The van der Waals surface area contributed by atoms with E-state index in [2.05, 4.69) is 46.2 Å². The Bertz CT molecular complexity index is 725. The number of benzene rings is 2. The van der Waals surface area contributed by atoms with Crippen molar-refractivity contribution in [2.75, 3.05) is 39.6 Å². The van der Waals surface area contributed by atoms with Gasteiger partial charge in [-0.15, -0.1) is 0 Å².